The van der Waals surface area contributed by atoms with Gasteiger partial charge in [0.2, 0.25) is 0 Å². The highest BCUT2D eigenvalue weighted by Gasteiger charge is 2.24. The highest BCUT2D eigenvalue weighted by atomic mass is 32.1. The van der Waals surface area contributed by atoms with Crippen LogP contribution in [0, 0.1) is 19.7 Å². The van der Waals surface area contributed by atoms with Crippen LogP contribution in [-0.2, 0) is 9.53 Å². The van der Waals surface area contributed by atoms with Crippen LogP contribution in [0.1, 0.15) is 39.1 Å². The molecule has 7 heteroatoms. The summed E-state index contributed by atoms with van der Waals surface area (Å²) in [6.07, 6.45) is 0.0365. The number of nitrogens with one attached hydrogen (secondary N) is 1. The van der Waals surface area contributed by atoms with E-state index in [-0.39, 0.29) is 18.1 Å². The molecule has 0 aliphatic heterocycles. The van der Waals surface area contributed by atoms with Crippen LogP contribution in [0.15, 0.2) is 47.8 Å². The molecule has 0 spiro atoms. The first-order valence-electron chi connectivity index (χ1n) is 8.77. The van der Waals surface area contributed by atoms with Gasteiger partial charge in [-0.1, -0.05) is 18.2 Å². The highest BCUT2D eigenvalue weighted by Crippen LogP contribution is 2.26. The number of carbonyl (C=O) groups excluding carboxylic acids is 2. The second-order valence-corrected chi connectivity index (χ2v) is 7.37. The molecule has 0 bridgehead atoms. The Morgan fingerprint density at radius 2 is 1.96 bits per heavy atom. The molecule has 5 nitrogen and oxygen atoms in total. The zero-order valence-electron chi connectivity index (χ0n) is 15.9. The number of hydrogen-bond donors (Lipinski definition) is 1. The maximum absolute atomic E-state index is 14.3. The largest absolute Gasteiger partial charge is 0.469 e. The number of benzene rings is 1. The molecule has 1 N–H and O–H groups in total. The molecule has 0 aliphatic carbocycles. The predicted molar refractivity (Wildman–Crippen MR) is 106 cm³/mol. The molecule has 2 heterocycles. The van der Waals surface area contributed by atoms with Crippen molar-refractivity contribution < 1.29 is 18.7 Å². The summed E-state index contributed by atoms with van der Waals surface area (Å²) in [6.45, 7) is 3.59. The van der Waals surface area contributed by atoms with E-state index in [2.05, 4.69) is 5.32 Å². The SMILES string of the molecule is COC(=O)CC(NC(=O)c1cc(C)n(-c2ccccc2F)c1C)c1cccs1. The number of para-hydroxylation sites is 1. The normalized spacial score (nSPS) is 11.9. The summed E-state index contributed by atoms with van der Waals surface area (Å²) in [6, 6.07) is 11.4. The number of hydrogen-bond acceptors (Lipinski definition) is 4. The lowest BCUT2D eigenvalue weighted by Crippen LogP contribution is -2.30. The van der Waals surface area contributed by atoms with E-state index in [0.29, 0.717) is 16.9 Å². The van der Waals surface area contributed by atoms with Crippen molar-refractivity contribution in [3.8, 4) is 5.69 Å². The van der Waals surface area contributed by atoms with E-state index in [1.807, 2.05) is 24.4 Å². The standard InChI is InChI=1S/C21H21FN2O3S/c1-13-11-15(14(2)24(13)18-8-5-4-7-16(18)22)21(26)23-17(12-20(25)27-3)19-9-6-10-28-19/h4-11,17H,12H2,1-3H3,(H,23,26). The van der Waals surface area contributed by atoms with Crippen LogP contribution in [-0.4, -0.2) is 23.6 Å². The molecule has 1 unspecified atom stereocenters. The van der Waals surface area contributed by atoms with E-state index in [4.69, 9.17) is 4.74 Å². The quantitative estimate of drug-likeness (QED) is 0.627. The van der Waals surface area contributed by atoms with Crippen LogP contribution < -0.4 is 5.32 Å². The zero-order chi connectivity index (χ0) is 20.3. The second-order valence-electron chi connectivity index (χ2n) is 6.39. The molecule has 1 atom stereocenters. The smallest absolute Gasteiger partial charge is 0.307 e. The third kappa shape index (κ3) is 3.99. The Morgan fingerprint density at radius 1 is 1.21 bits per heavy atom. The van der Waals surface area contributed by atoms with Gasteiger partial charge < -0.3 is 14.6 Å². The second kappa shape index (κ2) is 8.39. The first-order chi connectivity index (χ1) is 13.4. The number of aryl methyl sites for hydroxylation is 1. The summed E-state index contributed by atoms with van der Waals surface area (Å²) in [4.78, 5) is 25.6. The average Bonchev–Trinajstić information content (AvgIpc) is 3.30. The van der Waals surface area contributed by atoms with Gasteiger partial charge >= 0.3 is 5.97 Å². The number of methoxy groups -OCH3 is 1. The topological polar surface area (TPSA) is 60.3 Å². The maximum Gasteiger partial charge on any atom is 0.307 e. The number of esters is 1. The van der Waals surface area contributed by atoms with Crippen LogP contribution >= 0.6 is 11.3 Å². The van der Waals surface area contributed by atoms with Gasteiger partial charge in [0.15, 0.2) is 0 Å². The number of carbonyl (C=O) groups is 2. The molecule has 0 radical (unpaired) electrons. The Balaban J connectivity index is 1.91. The lowest BCUT2D eigenvalue weighted by atomic mass is 10.1. The Labute approximate surface area is 166 Å². The lowest BCUT2D eigenvalue weighted by molar-refractivity contribution is -0.141. The van der Waals surface area contributed by atoms with Gasteiger partial charge in [-0.2, -0.15) is 0 Å². The Kier molecular flexibility index (Phi) is 5.94. The third-order valence-electron chi connectivity index (χ3n) is 4.56. The van der Waals surface area contributed by atoms with Gasteiger partial charge in [-0.05, 0) is 43.5 Å². The van der Waals surface area contributed by atoms with Crippen LogP contribution in [0.5, 0.6) is 0 Å². The fourth-order valence-corrected chi connectivity index (χ4v) is 3.97. The number of thiophene rings is 1. The molecule has 3 aromatic rings. The molecule has 0 fully saturated rings. The van der Waals surface area contributed by atoms with E-state index >= 15 is 0 Å². The van der Waals surface area contributed by atoms with Gasteiger partial charge in [-0.3, -0.25) is 9.59 Å². The number of ether oxygens (including phenoxy) is 1. The van der Waals surface area contributed by atoms with Gasteiger partial charge in [0, 0.05) is 16.3 Å². The molecular formula is C21H21FN2O3S. The minimum atomic E-state index is -0.489. The Morgan fingerprint density at radius 3 is 2.61 bits per heavy atom. The number of rotatable bonds is 6. The van der Waals surface area contributed by atoms with Crippen molar-refractivity contribution in [3.05, 3.63) is 75.5 Å². The average molecular weight is 400 g/mol. The van der Waals surface area contributed by atoms with E-state index in [1.165, 1.54) is 24.5 Å². The highest BCUT2D eigenvalue weighted by molar-refractivity contribution is 7.10. The van der Waals surface area contributed by atoms with E-state index < -0.39 is 12.0 Å². The van der Waals surface area contributed by atoms with E-state index in [0.717, 1.165) is 10.6 Å². The van der Waals surface area contributed by atoms with Crippen LogP contribution in [0.2, 0.25) is 0 Å². The summed E-state index contributed by atoms with van der Waals surface area (Å²) in [5, 5.41) is 4.80. The molecule has 2 aromatic heterocycles. The first kappa shape index (κ1) is 19.8. The monoisotopic (exact) mass is 400 g/mol. The summed E-state index contributed by atoms with van der Waals surface area (Å²) in [5.41, 5.74) is 2.20. The zero-order valence-corrected chi connectivity index (χ0v) is 16.7. The number of amides is 1. The van der Waals surface area contributed by atoms with Crippen molar-refractivity contribution in [2.45, 2.75) is 26.3 Å². The van der Waals surface area contributed by atoms with Crippen molar-refractivity contribution in [2.24, 2.45) is 0 Å². The van der Waals surface area contributed by atoms with Gasteiger partial charge in [0.25, 0.3) is 5.91 Å². The minimum absolute atomic E-state index is 0.0365. The molecule has 0 saturated carbocycles. The lowest BCUT2D eigenvalue weighted by Gasteiger charge is -2.17. The van der Waals surface area contributed by atoms with Crippen LogP contribution in [0.4, 0.5) is 4.39 Å². The number of aromatic nitrogens is 1. The summed E-state index contributed by atoms with van der Waals surface area (Å²) in [5.74, 6) is -1.09. The van der Waals surface area contributed by atoms with Crippen molar-refractivity contribution in [2.75, 3.05) is 7.11 Å². The van der Waals surface area contributed by atoms with Gasteiger partial charge in [0.1, 0.15) is 5.82 Å². The van der Waals surface area contributed by atoms with Crippen molar-refractivity contribution in [1.82, 2.24) is 9.88 Å². The maximum atomic E-state index is 14.3. The van der Waals surface area contributed by atoms with E-state index in [9.17, 15) is 14.0 Å². The summed E-state index contributed by atoms with van der Waals surface area (Å²) in [7, 11) is 1.32. The molecule has 146 valence electrons. The third-order valence-corrected chi connectivity index (χ3v) is 5.55. The van der Waals surface area contributed by atoms with Gasteiger partial charge in [-0.15, -0.1) is 11.3 Å². The van der Waals surface area contributed by atoms with Crippen molar-refractivity contribution in [3.63, 3.8) is 0 Å². The molecule has 1 aromatic carbocycles. The molecular weight excluding hydrogens is 379 g/mol. The van der Waals surface area contributed by atoms with Crippen molar-refractivity contribution >= 4 is 23.2 Å². The van der Waals surface area contributed by atoms with Crippen LogP contribution in [0.25, 0.3) is 5.69 Å². The summed E-state index contributed by atoms with van der Waals surface area (Å²) >= 11 is 1.45. The molecule has 3 rings (SSSR count). The summed E-state index contributed by atoms with van der Waals surface area (Å²) < 4.78 is 20.7. The molecule has 0 aliphatic rings. The number of halogens is 1. The molecule has 28 heavy (non-hydrogen) atoms. The van der Waals surface area contributed by atoms with E-state index in [1.54, 1.807) is 35.8 Å². The molecule has 1 amide bonds. The van der Waals surface area contributed by atoms with Crippen molar-refractivity contribution in [1.29, 1.82) is 0 Å². The fourth-order valence-electron chi connectivity index (χ4n) is 3.19. The first-order valence-corrected chi connectivity index (χ1v) is 9.65. The van der Waals surface area contributed by atoms with Gasteiger partial charge in [-0.25, -0.2) is 4.39 Å². The Bertz CT molecular complexity index is 995. The number of nitrogens with zero attached hydrogens (tertiary/aromatic N) is 1. The van der Waals surface area contributed by atoms with Crippen LogP contribution in [0.3, 0.4) is 0 Å². The fraction of sp³-hybridized carbons (Fsp3) is 0.238. The molecule has 0 saturated heterocycles. The van der Waals surface area contributed by atoms with Gasteiger partial charge in [0.05, 0.1) is 30.8 Å². The predicted octanol–water partition coefficient (Wildman–Crippen LogP) is 4.33. The minimum Gasteiger partial charge on any atom is -0.469 e. The Hall–Kier alpha value is -2.93.